The van der Waals surface area contributed by atoms with Gasteiger partial charge in [0.15, 0.2) is 5.78 Å². The topological polar surface area (TPSA) is 39.2 Å². The van der Waals surface area contributed by atoms with E-state index in [2.05, 4.69) is 11.9 Å². The number of methoxy groups -OCH3 is 1. The fraction of sp³-hybridized carbons (Fsp3) is 0.500. The summed E-state index contributed by atoms with van der Waals surface area (Å²) in [6.45, 7) is 6.14. The van der Waals surface area contributed by atoms with Gasteiger partial charge in [0.25, 0.3) is 0 Å². The molecule has 0 saturated heterocycles. The fourth-order valence-electron chi connectivity index (χ4n) is 2.94. The summed E-state index contributed by atoms with van der Waals surface area (Å²) in [7, 11) is 1.73. The molecule has 3 nitrogen and oxygen atoms in total. The number of hydrogen-bond acceptors (Lipinski definition) is 3. The molecule has 1 aromatic carbocycles. The Kier molecular flexibility index (Phi) is 6.76. The molecule has 0 radical (unpaired) electrons. The fourth-order valence-corrected chi connectivity index (χ4v) is 3.22. The SMILES string of the molecule is CCc1cc2cc(C(=O)C(C)CCC(CC)OC)ccc2nc1Cl. The first-order valence-corrected chi connectivity index (χ1v) is 9.04. The first-order valence-electron chi connectivity index (χ1n) is 8.66. The molecule has 2 unspecified atom stereocenters. The van der Waals surface area contributed by atoms with Crippen LogP contribution in [0.1, 0.15) is 56.0 Å². The van der Waals surface area contributed by atoms with Crippen LogP contribution in [-0.2, 0) is 11.2 Å². The van der Waals surface area contributed by atoms with Gasteiger partial charge in [-0.05, 0) is 55.5 Å². The van der Waals surface area contributed by atoms with Gasteiger partial charge in [-0.2, -0.15) is 0 Å². The molecule has 0 aliphatic heterocycles. The van der Waals surface area contributed by atoms with Crippen LogP contribution in [0, 0.1) is 5.92 Å². The summed E-state index contributed by atoms with van der Waals surface area (Å²) >= 11 is 6.16. The normalized spacial score (nSPS) is 13.9. The van der Waals surface area contributed by atoms with E-state index in [0.29, 0.717) is 5.15 Å². The van der Waals surface area contributed by atoms with E-state index in [0.717, 1.165) is 47.7 Å². The maximum absolute atomic E-state index is 12.7. The summed E-state index contributed by atoms with van der Waals surface area (Å²) < 4.78 is 5.40. The summed E-state index contributed by atoms with van der Waals surface area (Å²) in [4.78, 5) is 17.1. The molecule has 2 atom stereocenters. The van der Waals surface area contributed by atoms with Crippen molar-refractivity contribution in [3.63, 3.8) is 0 Å². The highest BCUT2D eigenvalue weighted by Gasteiger charge is 2.17. The second-order valence-corrected chi connectivity index (χ2v) is 6.67. The molecule has 130 valence electrons. The number of ether oxygens (including phenoxy) is 1. The lowest BCUT2D eigenvalue weighted by Crippen LogP contribution is -2.16. The van der Waals surface area contributed by atoms with E-state index in [1.807, 2.05) is 38.1 Å². The highest BCUT2D eigenvalue weighted by molar-refractivity contribution is 6.30. The van der Waals surface area contributed by atoms with Crippen LogP contribution in [0.25, 0.3) is 10.9 Å². The number of carbonyl (C=O) groups is 1. The zero-order chi connectivity index (χ0) is 17.7. The minimum absolute atomic E-state index is 0.0162. The number of pyridine rings is 1. The highest BCUT2D eigenvalue weighted by atomic mass is 35.5. The molecule has 2 aromatic rings. The van der Waals surface area contributed by atoms with Crippen LogP contribution in [0.5, 0.6) is 0 Å². The quantitative estimate of drug-likeness (QED) is 0.469. The van der Waals surface area contributed by atoms with Crippen molar-refractivity contribution >= 4 is 28.3 Å². The number of rotatable bonds is 8. The number of hydrogen-bond donors (Lipinski definition) is 0. The molecule has 0 fully saturated rings. The third-order valence-electron chi connectivity index (χ3n) is 4.66. The zero-order valence-corrected chi connectivity index (χ0v) is 15.7. The zero-order valence-electron chi connectivity index (χ0n) is 14.9. The van der Waals surface area contributed by atoms with Gasteiger partial charge in [-0.1, -0.05) is 32.4 Å². The number of Topliss-reactive ketones (excluding diaryl/α,β-unsaturated/α-hetero) is 1. The van der Waals surface area contributed by atoms with Crippen LogP contribution >= 0.6 is 11.6 Å². The smallest absolute Gasteiger partial charge is 0.165 e. The molecular weight excluding hydrogens is 322 g/mol. The lowest BCUT2D eigenvalue weighted by Gasteiger charge is -2.16. The largest absolute Gasteiger partial charge is 0.381 e. The number of nitrogens with zero attached hydrogens (tertiary/aromatic N) is 1. The Bertz CT molecular complexity index is 710. The van der Waals surface area contributed by atoms with E-state index in [4.69, 9.17) is 16.3 Å². The van der Waals surface area contributed by atoms with E-state index >= 15 is 0 Å². The van der Waals surface area contributed by atoms with Gasteiger partial charge in [0.05, 0.1) is 11.6 Å². The Morgan fingerprint density at radius 3 is 2.62 bits per heavy atom. The van der Waals surface area contributed by atoms with Crippen molar-refractivity contribution in [3.05, 3.63) is 40.5 Å². The average Bonchev–Trinajstić information content (AvgIpc) is 2.60. The standard InChI is InChI=1S/C20H26ClNO2/c1-5-14-11-16-12-15(8-10-18(16)22-20(14)21)19(23)13(3)7-9-17(6-2)24-4/h8,10-13,17H,5-7,9H2,1-4H3. The van der Waals surface area contributed by atoms with Gasteiger partial charge in [-0.3, -0.25) is 4.79 Å². The Hall–Kier alpha value is -1.45. The second-order valence-electron chi connectivity index (χ2n) is 6.31. The van der Waals surface area contributed by atoms with E-state index in [-0.39, 0.29) is 17.8 Å². The minimum atomic E-state index is -0.0162. The number of carbonyl (C=O) groups excluding carboxylic acids is 1. The lowest BCUT2D eigenvalue weighted by atomic mass is 9.92. The number of benzene rings is 1. The van der Waals surface area contributed by atoms with Crippen LogP contribution in [-0.4, -0.2) is 24.0 Å². The van der Waals surface area contributed by atoms with Gasteiger partial charge in [-0.25, -0.2) is 4.98 Å². The molecule has 0 aliphatic carbocycles. The van der Waals surface area contributed by atoms with Crippen molar-refractivity contribution in [2.75, 3.05) is 7.11 Å². The minimum Gasteiger partial charge on any atom is -0.381 e. The molecule has 0 N–H and O–H groups in total. The first-order chi connectivity index (χ1) is 11.5. The van der Waals surface area contributed by atoms with Gasteiger partial charge in [0.2, 0.25) is 0 Å². The highest BCUT2D eigenvalue weighted by Crippen LogP contribution is 2.24. The van der Waals surface area contributed by atoms with Gasteiger partial charge in [0.1, 0.15) is 5.15 Å². The number of aromatic nitrogens is 1. The van der Waals surface area contributed by atoms with E-state index < -0.39 is 0 Å². The molecule has 0 saturated carbocycles. The molecule has 0 bridgehead atoms. The summed E-state index contributed by atoms with van der Waals surface area (Å²) in [6.07, 6.45) is 3.77. The Morgan fingerprint density at radius 2 is 2.00 bits per heavy atom. The molecule has 0 amide bonds. The Balaban J connectivity index is 2.18. The van der Waals surface area contributed by atoms with Crippen molar-refractivity contribution in [1.29, 1.82) is 0 Å². The molecule has 1 aromatic heterocycles. The van der Waals surface area contributed by atoms with E-state index in [9.17, 15) is 4.79 Å². The summed E-state index contributed by atoms with van der Waals surface area (Å²) in [5.74, 6) is 0.161. The van der Waals surface area contributed by atoms with Crippen molar-refractivity contribution in [2.45, 2.75) is 52.6 Å². The van der Waals surface area contributed by atoms with Crippen LogP contribution in [0.3, 0.4) is 0 Å². The predicted molar refractivity (Wildman–Crippen MR) is 99.9 cm³/mol. The average molecular weight is 348 g/mol. The van der Waals surface area contributed by atoms with E-state index in [1.165, 1.54) is 0 Å². The predicted octanol–water partition coefficient (Wildman–Crippen LogP) is 5.47. The third-order valence-corrected chi connectivity index (χ3v) is 4.99. The molecule has 24 heavy (non-hydrogen) atoms. The summed E-state index contributed by atoms with van der Waals surface area (Å²) in [5.41, 5.74) is 2.58. The maximum Gasteiger partial charge on any atom is 0.165 e. The first kappa shape index (κ1) is 18.9. The molecule has 1 heterocycles. The summed E-state index contributed by atoms with van der Waals surface area (Å²) in [6, 6.07) is 7.70. The van der Waals surface area contributed by atoms with Crippen molar-refractivity contribution in [3.8, 4) is 0 Å². The van der Waals surface area contributed by atoms with E-state index in [1.54, 1.807) is 7.11 Å². The second kappa shape index (κ2) is 8.59. The third kappa shape index (κ3) is 4.34. The Labute approximate surface area is 149 Å². The molecule has 2 rings (SSSR count). The van der Waals surface area contributed by atoms with Crippen molar-refractivity contribution < 1.29 is 9.53 Å². The van der Waals surface area contributed by atoms with Crippen LogP contribution < -0.4 is 0 Å². The molecular formula is C20H26ClNO2. The van der Waals surface area contributed by atoms with Crippen LogP contribution in [0.15, 0.2) is 24.3 Å². The van der Waals surface area contributed by atoms with Gasteiger partial charge >= 0.3 is 0 Å². The van der Waals surface area contributed by atoms with Gasteiger partial charge in [-0.15, -0.1) is 0 Å². The van der Waals surface area contributed by atoms with Crippen molar-refractivity contribution in [2.24, 2.45) is 5.92 Å². The number of aryl methyl sites for hydroxylation is 1. The number of fused-ring (bicyclic) bond motifs is 1. The van der Waals surface area contributed by atoms with Crippen LogP contribution in [0.2, 0.25) is 5.15 Å². The monoisotopic (exact) mass is 347 g/mol. The lowest BCUT2D eigenvalue weighted by molar-refractivity contribution is 0.0792. The van der Waals surface area contributed by atoms with Crippen LogP contribution in [0.4, 0.5) is 0 Å². The molecule has 0 spiro atoms. The number of halogens is 1. The molecule has 0 aliphatic rings. The summed E-state index contributed by atoms with van der Waals surface area (Å²) in [5, 5.41) is 1.51. The van der Waals surface area contributed by atoms with Gasteiger partial charge < -0.3 is 4.74 Å². The maximum atomic E-state index is 12.7. The molecule has 4 heteroatoms. The van der Waals surface area contributed by atoms with Crippen molar-refractivity contribution in [1.82, 2.24) is 4.98 Å². The number of ketones is 1. The Morgan fingerprint density at radius 1 is 1.25 bits per heavy atom. The van der Waals surface area contributed by atoms with Gasteiger partial charge in [0, 0.05) is 24.0 Å².